The first-order chi connectivity index (χ1) is 12.9. The number of halogens is 2. The highest BCUT2D eigenvalue weighted by atomic mass is 35.5. The number of terminal acetylenes is 1. The van der Waals surface area contributed by atoms with Crippen LogP contribution >= 0.6 is 45.9 Å². The van der Waals surface area contributed by atoms with Crippen molar-refractivity contribution in [3.8, 4) is 12.3 Å². The molecule has 0 N–H and O–H groups in total. The van der Waals surface area contributed by atoms with Crippen LogP contribution in [0.4, 0.5) is 5.00 Å². The molecule has 0 bridgehead atoms. The zero-order valence-corrected chi connectivity index (χ0v) is 16.5. The molecule has 6 nitrogen and oxygen atoms in total. The Hall–Kier alpha value is -2.44. The first-order valence-corrected chi connectivity index (χ1v) is 9.71. The molecular formula is C17H9Cl2N3O3S2. The van der Waals surface area contributed by atoms with Crippen molar-refractivity contribution in [3.63, 3.8) is 0 Å². The number of fused-ring (bicyclic) bond motifs is 1. The van der Waals surface area contributed by atoms with Crippen molar-refractivity contribution in [2.24, 2.45) is 4.99 Å². The van der Waals surface area contributed by atoms with Crippen LogP contribution in [0, 0.1) is 22.5 Å². The van der Waals surface area contributed by atoms with Crippen LogP contribution in [0.15, 0.2) is 35.3 Å². The summed E-state index contributed by atoms with van der Waals surface area (Å²) in [7, 11) is 0. The molecule has 0 aliphatic carbocycles. The number of carbonyl (C=O) groups excluding carboxylic acids is 1. The Morgan fingerprint density at radius 3 is 2.78 bits per heavy atom. The van der Waals surface area contributed by atoms with E-state index in [1.807, 2.05) is 0 Å². The van der Waals surface area contributed by atoms with Gasteiger partial charge in [-0.2, -0.15) is 4.99 Å². The normalized spacial score (nSPS) is 12.0. The molecule has 136 valence electrons. The summed E-state index contributed by atoms with van der Waals surface area (Å²) in [4.78, 5) is 27.5. The Morgan fingerprint density at radius 1 is 1.33 bits per heavy atom. The number of carbonyl (C=O) groups is 1. The molecule has 27 heavy (non-hydrogen) atoms. The van der Waals surface area contributed by atoms with E-state index in [9.17, 15) is 14.9 Å². The van der Waals surface area contributed by atoms with Gasteiger partial charge in [-0.05, 0) is 24.3 Å². The van der Waals surface area contributed by atoms with Crippen LogP contribution in [0.2, 0.25) is 10.0 Å². The molecule has 0 atom stereocenters. The van der Waals surface area contributed by atoms with Crippen molar-refractivity contribution in [1.82, 2.24) is 4.57 Å². The topological polar surface area (TPSA) is 77.5 Å². The fourth-order valence-corrected chi connectivity index (χ4v) is 4.48. The second-order valence-electron chi connectivity index (χ2n) is 5.10. The van der Waals surface area contributed by atoms with Crippen molar-refractivity contribution in [2.75, 3.05) is 0 Å². The average molecular weight is 438 g/mol. The number of amides is 1. The molecule has 0 fully saturated rings. The predicted molar refractivity (Wildman–Crippen MR) is 109 cm³/mol. The Morgan fingerprint density at radius 2 is 2.11 bits per heavy atom. The van der Waals surface area contributed by atoms with Gasteiger partial charge in [0.05, 0.1) is 31.7 Å². The SMILES string of the molecule is C#CCn1c(=NC(=O)/C=C/c2ccc([N+](=O)[O-])s2)sc2ccc(Cl)c(Cl)c21. The van der Waals surface area contributed by atoms with Crippen molar-refractivity contribution in [1.29, 1.82) is 0 Å². The van der Waals surface area contributed by atoms with Gasteiger partial charge in [-0.15, -0.1) is 6.42 Å². The molecule has 0 saturated carbocycles. The van der Waals surface area contributed by atoms with Gasteiger partial charge in [-0.3, -0.25) is 14.9 Å². The highest BCUT2D eigenvalue weighted by Crippen LogP contribution is 2.32. The predicted octanol–water partition coefficient (Wildman–Crippen LogP) is 4.75. The first-order valence-electron chi connectivity index (χ1n) is 7.32. The fraction of sp³-hybridized carbons (Fsp3) is 0.0588. The number of nitrogens with zero attached hydrogens (tertiary/aromatic N) is 3. The van der Waals surface area contributed by atoms with E-state index in [0.29, 0.717) is 25.2 Å². The smallest absolute Gasteiger partial charge is 0.303 e. The Kier molecular flexibility index (Phi) is 5.77. The van der Waals surface area contributed by atoms with Gasteiger partial charge in [0, 0.05) is 17.0 Å². The molecule has 1 aromatic carbocycles. The van der Waals surface area contributed by atoms with E-state index in [2.05, 4.69) is 10.9 Å². The highest BCUT2D eigenvalue weighted by molar-refractivity contribution is 7.16. The van der Waals surface area contributed by atoms with Crippen LogP contribution in [-0.4, -0.2) is 15.4 Å². The van der Waals surface area contributed by atoms with Gasteiger partial charge >= 0.3 is 5.00 Å². The Balaban J connectivity index is 1.99. The van der Waals surface area contributed by atoms with Crippen molar-refractivity contribution in [2.45, 2.75) is 6.54 Å². The number of aromatic nitrogens is 1. The van der Waals surface area contributed by atoms with E-state index < -0.39 is 10.8 Å². The molecular weight excluding hydrogens is 429 g/mol. The quantitative estimate of drug-likeness (QED) is 0.255. The van der Waals surface area contributed by atoms with Crippen LogP contribution < -0.4 is 4.80 Å². The largest absolute Gasteiger partial charge is 0.324 e. The molecule has 0 spiro atoms. The van der Waals surface area contributed by atoms with Crippen LogP contribution in [0.3, 0.4) is 0 Å². The van der Waals surface area contributed by atoms with E-state index in [-0.39, 0.29) is 11.5 Å². The number of thiophene rings is 1. The molecule has 0 unspecified atom stereocenters. The van der Waals surface area contributed by atoms with Gasteiger partial charge in [0.2, 0.25) is 0 Å². The molecule has 0 saturated heterocycles. The van der Waals surface area contributed by atoms with E-state index in [4.69, 9.17) is 29.6 Å². The van der Waals surface area contributed by atoms with E-state index >= 15 is 0 Å². The van der Waals surface area contributed by atoms with Crippen LogP contribution in [0.1, 0.15) is 4.88 Å². The minimum Gasteiger partial charge on any atom is -0.303 e. The van der Waals surface area contributed by atoms with Crippen molar-refractivity contribution < 1.29 is 9.72 Å². The van der Waals surface area contributed by atoms with E-state index in [1.54, 1.807) is 22.8 Å². The van der Waals surface area contributed by atoms with Crippen LogP contribution in [0.5, 0.6) is 0 Å². The monoisotopic (exact) mass is 437 g/mol. The molecule has 0 aliphatic rings. The van der Waals surface area contributed by atoms with Crippen molar-refractivity contribution >= 4 is 73.1 Å². The summed E-state index contributed by atoms with van der Waals surface area (Å²) in [5.74, 6) is 1.99. The molecule has 0 aliphatic heterocycles. The molecule has 3 aromatic rings. The lowest BCUT2D eigenvalue weighted by Crippen LogP contribution is -2.16. The molecule has 2 heterocycles. The summed E-state index contributed by atoms with van der Waals surface area (Å²) in [5, 5.41) is 11.4. The lowest BCUT2D eigenvalue weighted by Gasteiger charge is -2.02. The second kappa shape index (κ2) is 8.06. The summed E-state index contributed by atoms with van der Waals surface area (Å²) in [6.07, 6.45) is 8.15. The van der Waals surface area contributed by atoms with Crippen LogP contribution in [-0.2, 0) is 11.3 Å². The Labute approximate surface area is 171 Å². The average Bonchev–Trinajstić information content (AvgIpc) is 3.23. The maximum atomic E-state index is 12.2. The standard InChI is InChI=1S/C17H9Cl2N3O3S2/c1-2-9-21-16-12(6-5-11(18)15(16)19)27-17(21)20-13(23)7-3-10-4-8-14(26-10)22(24)25/h1,3-8H,9H2/b7-3+,20-17?. The number of hydrogen-bond acceptors (Lipinski definition) is 5. The third-order valence-electron chi connectivity index (χ3n) is 3.37. The third-order valence-corrected chi connectivity index (χ3v) is 6.21. The molecule has 10 heteroatoms. The first kappa shape index (κ1) is 19.3. The summed E-state index contributed by atoms with van der Waals surface area (Å²) < 4.78 is 2.44. The Bertz CT molecular complexity index is 1200. The third kappa shape index (κ3) is 4.12. The van der Waals surface area contributed by atoms with Gasteiger partial charge < -0.3 is 4.57 Å². The molecule has 2 aromatic heterocycles. The van der Waals surface area contributed by atoms with Gasteiger partial charge in [-0.1, -0.05) is 51.8 Å². The van der Waals surface area contributed by atoms with E-state index in [0.717, 1.165) is 16.0 Å². The van der Waals surface area contributed by atoms with E-state index in [1.165, 1.54) is 29.6 Å². The zero-order valence-electron chi connectivity index (χ0n) is 13.4. The summed E-state index contributed by atoms with van der Waals surface area (Å²) in [6, 6.07) is 6.39. The highest BCUT2D eigenvalue weighted by Gasteiger charge is 2.13. The number of nitro groups is 1. The second-order valence-corrected chi connectivity index (χ2v) is 7.99. The van der Waals surface area contributed by atoms with Gasteiger partial charge in [-0.25, -0.2) is 0 Å². The zero-order chi connectivity index (χ0) is 19.6. The number of benzene rings is 1. The number of rotatable bonds is 4. The minimum absolute atomic E-state index is 0.00178. The molecule has 1 amide bonds. The van der Waals surface area contributed by atoms with Gasteiger partial charge in [0.15, 0.2) is 4.80 Å². The number of thiazole rings is 1. The minimum atomic E-state index is -0.523. The summed E-state index contributed by atoms with van der Waals surface area (Å²) >= 11 is 14.6. The van der Waals surface area contributed by atoms with Gasteiger partial charge in [0.25, 0.3) is 5.91 Å². The van der Waals surface area contributed by atoms with Crippen LogP contribution in [0.25, 0.3) is 16.3 Å². The fourth-order valence-electron chi connectivity index (χ4n) is 2.24. The summed E-state index contributed by atoms with van der Waals surface area (Å²) in [5.41, 5.74) is 0.622. The lowest BCUT2D eigenvalue weighted by atomic mass is 10.3. The van der Waals surface area contributed by atoms with Gasteiger partial charge in [0.1, 0.15) is 0 Å². The summed E-state index contributed by atoms with van der Waals surface area (Å²) in [6.45, 7) is 0.174. The lowest BCUT2D eigenvalue weighted by molar-refractivity contribution is -0.380. The molecule has 0 radical (unpaired) electrons. The molecule has 3 rings (SSSR count). The maximum absolute atomic E-state index is 12.2. The maximum Gasteiger partial charge on any atom is 0.324 e. The van der Waals surface area contributed by atoms with Crippen molar-refractivity contribution in [3.05, 3.63) is 60.2 Å². The number of hydrogen-bond donors (Lipinski definition) is 0.